The van der Waals surface area contributed by atoms with Crippen LogP contribution in [0.1, 0.15) is 45.4 Å². The van der Waals surface area contributed by atoms with Gasteiger partial charge in [0.25, 0.3) is 0 Å². The van der Waals surface area contributed by atoms with Crippen LogP contribution in [0.15, 0.2) is 24.3 Å². The zero-order valence-corrected chi connectivity index (χ0v) is 14.1. The van der Waals surface area contributed by atoms with Crippen molar-refractivity contribution in [2.75, 3.05) is 24.2 Å². The average Bonchev–Trinajstić information content (AvgIpc) is 2.55. The molecule has 0 heterocycles. The Morgan fingerprint density at radius 2 is 1.70 bits per heavy atom. The predicted octanol–water partition coefficient (Wildman–Crippen LogP) is 3.24. The van der Waals surface area contributed by atoms with E-state index in [-0.39, 0.29) is 11.8 Å². The zero-order chi connectivity index (χ0) is 16.7. The highest BCUT2D eigenvalue weighted by Crippen LogP contribution is 2.21. The van der Waals surface area contributed by atoms with Gasteiger partial charge in [-0.3, -0.25) is 14.5 Å². The summed E-state index contributed by atoms with van der Waals surface area (Å²) in [5.41, 5.74) is 1.41. The molecule has 5 heteroatoms. The van der Waals surface area contributed by atoms with Crippen molar-refractivity contribution in [3.63, 3.8) is 0 Å². The van der Waals surface area contributed by atoms with E-state index in [0.717, 1.165) is 0 Å². The fraction of sp³-hybridized carbons (Fsp3) is 0.556. The Bertz CT molecular complexity index is 539. The molecule has 0 bridgehead atoms. The molecular formula is C18H27N3O2. The van der Waals surface area contributed by atoms with Gasteiger partial charge in [0.05, 0.1) is 6.54 Å². The quantitative estimate of drug-likeness (QED) is 0.847. The first kappa shape index (κ1) is 17.5. The molecule has 1 saturated carbocycles. The highest BCUT2D eigenvalue weighted by Gasteiger charge is 2.19. The second kappa shape index (κ2) is 8.67. The van der Waals surface area contributed by atoms with Crippen molar-refractivity contribution in [3.05, 3.63) is 24.3 Å². The molecule has 0 radical (unpaired) electrons. The number of nitrogens with one attached hydrogen (secondary N) is 2. The van der Waals surface area contributed by atoms with E-state index in [4.69, 9.17) is 0 Å². The maximum Gasteiger partial charge on any atom is 0.238 e. The first-order chi connectivity index (χ1) is 11.1. The first-order valence-corrected chi connectivity index (χ1v) is 8.48. The summed E-state index contributed by atoms with van der Waals surface area (Å²) in [6, 6.07) is 7.78. The van der Waals surface area contributed by atoms with Gasteiger partial charge in [-0.15, -0.1) is 0 Å². The van der Waals surface area contributed by atoms with Crippen LogP contribution in [0, 0.1) is 0 Å². The van der Waals surface area contributed by atoms with Crippen molar-refractivity contribution in [2.45, 2.75) is 51.5 Å². The van der Waals surface area contributed by atoms with Crippen LogP contribution in [0.5, 0.6) is 0 Å². The lowest BCUT2D eigenvalue weighted by Gasteiger charge is -2.30. The van der Waals surface area contributed by atoms with Crippen molar-refractivity contribution in [3.8, 4) is 0 Å². The molecule has 1 aliphatic rings. The van der Waals surface area contributed by atoms with Gasteiger partial charge in [-0.1, -0.05) is 32.3 Å². The van der Waals surface area contributed by atoms with Crippen molar-refractivity contribution in [1.82, 2.24) is 4.90 Å². The third-order valence-electron chi connectivity index (χ3n) is 4.34. The SMILES string of the molecule is CCC(=O)Nc1cccc(NC(=O)CN(C)C2CCCCC2)c1. The molecule has 1 aromatic rings. The van der Waals surface area contributed by atoms with Gasteiger partial charge in [-0.25, -0.2) is 0 Å². The largest absolute Gasteiger partial charge is 0.326 e. The van der Waals surface area contributed by atoms with Crippen LogP contribution in [0.3, 0.4) is 0 Å². The molecular weight excluding hydrogens is 290 g/mol. The maximum atomic E-state index is 12.2. The smallest absolute Gasteiger partial charge is 0.238 e. The number of benzene rings is 1. The molecule has 1 aliphatic carbocycles. The van der Waals surface area contributed by atoms with Crippen LogP contribution in [-0.2, 0) is 9.59 Å². The van der Waals surface area contributed by atoms with Gasteiger partial charge in [0.1, 0.15) is 0 Å². The van der Waals surface area contributed by atoms with Gasteiger partial charge in [0, 0.05) is 23.8 Å². The zero-order valence-electron chi connectivity index (χ0n) is 14.1. The minimum absolute atomic E-state index is 0.0166. The highest BCUT2D eigenvalue weighted by molar-refractivity contribution is 5.94. The molecule has 2 rings (SSSR count). The number of nitrogens with zero attached hydrogens (tertiary/aromatic N) is 1. The Morgan fingerprint density at radius 1 is 1.09 bits per heavy atom. The minimum atomic E-state index is -0.0366. The number of carbonyl (C=O) groups excluding carboxylic acids is 2. The lowest BCUT2D eigenvalue weighted by Crippen LogP contribution is -2.39. The third-order valence-corrected chi connectivity index (χ3v) is 4.34. The monoisotopic (exact) mass is 317 g/mol. The van der Waals surface area contributed by atoms with Crippen molar-refractivity contribution in [1.29, 1.82) is 0 Å². The van der Waals surface area contributed by atoms with Gasteiger partial charge < -0.3 is 10.6 Å². The van der Waals surface area contributed by atoms with Gasteiger partial charge in [-0.05, 0) is 38.1 Å². The highest BCUT2D eigenvalue weighted by atomic mass is 16.2. The Balaban J connectivity index is 1.86. The normalized spacial score (nSPS) is 15.4. The molecule has 0 spiro atoms. The molecule has 1 fully saturated rings. The van der Waals surface area contributed by atoms with E-state index < -0.39 is 0 Å². The average molecular weight is 317 g/mol. The summed E-state index contributed by atoms with van der Waals surface area (Å²) in [5.74, 6) is -0.0532. The van der Waals surface area contributed by atoms with E-state index in [1.807, 2.05) is 32.2 Å². The molecule has 126 valence electrons. The fourth-order valence-corrected chi connectivity index (χ4v) is 3.00. The molecule has 0 atom stereocenters. The fourth-order valence-electron chi connectivity index (χ4n) is 3.00. The minimum Gasteiger partial charge on any atom is -0.326 e. The topological polar surface area (TPSA) is 61.4 Å². The summed E-state index contributed by atoms with van der Waals surface area (Å²) in [6.07, 6.45) is 6.63. The summed E-state index contributed by atoms with van der Waals surface area (Å²) >= 11 is 0. The molecule has 1 aromatic carbocycles. The maximum absolute atomic E-state index is 12.2. The predicted molar refractivity (Wildman–Crippen MR) is 93.5 cm³/mol. The molecule has 2 N–H and O–H groups in total. The summed E-state index contributed by atoms with van der Waals surface area (Å²) < 4.78 is 0. The molecule has 0 aliphatic heterocycles. The number of rotatable bonds is 6. The lowest BCUT2D eigenvalue weighted by molar-refractivity contribution is -0.117. The Kier molecular flexibility index (Phi) is 6.59. The van der Waals surface area contributed by atoms with Crippen LogP contribution in [0.2, 0.25) is 0 Å². The summed E-state index contributed by atoms with van der Waals surface area (Å²) in [5, 5.41) is 5.71. The third kappa shape index (κ3) is 5.67. The summed E-state index contributed by atoms with van der Waals surface area (Å²) in [7, 11) is 2.02. The second-order valence-electron chi connectivity index (χ2n) is 6.24. The number of amides is 2. The number of carbonyl (C=O) groups is 2. The van der Waals surface area contributed by atoms with E-state index in [0.29, 0.717) is 30.4 Å². The Labute approximate surface area is 138 Å². The van der Waals surface area contributed by atoms with E-state index in [9.17, 15) is 9.59 Å². The van der Waals surface area contributed by atoms with E-state index in [2.05, 4.69) is 15.5 Å². The lowest BCUT2D eigenvalue weighted by atomic mass is 9.94. The number of likely N-dealkylation sites (N-methyl/N-ethyl adjacent to an activating group) is 1. The van der Waals surface area contributed by atoms with E-state index in [1.54, 1.807) is 6.07 Å². The van der Waals surface area contributed by atoms with Crippen molar-refractivity contribution in [2.24, 2.45) is 0 Å². The van der Waals surface area contributed by atoms with Crippen molar-refractivity contribution >= 4 is 23.2 Å². The van der Waals surface area contributed by atoms with Crippen LogP contribution in [0.25, 0.3) is 0 Å². The molecule has 0 unspecified atom stereocenters. The summed E-state index contributed by atoms with van der Waals surface area (Å²) in [4.78, 5) is 25.8. The van der Waals surface area contributed by atoms with Crippen LogP contribution >= 0.6 is 0 Å². The molecule has 5 nitrogen and oxygen atoms in total. The van der Waals surface area contributed by atoms with Crippen LogP contribution in [0.4, 0.5) is 11.4 Å². The van der Waals surface area contributed by atoms with Gasteiger partial charge in [0.2, 0.25) is 11.8 Å². The number of hydrogen-bond donors (Lipinski definition) is 2. The Morgan fingerprint density at radius 3 is 2.30 bits per heavy atom. The van der Waals surface area contributed by atoms with Crippen LogP contribution < -0.4 is 10.6 Å². The molecule has 2 amide bonds. The van der Waals surface area contributed by atoms with Crippen molar-refractivity contribution < 1.29 is 9.59 Å². The van der Waals surface area contributed by atoms with Gasteiger partial charge in [0.15, 0.2) is 0 Å². The standard InChI is InChI=1S/C18H27N3O2/c1-3-17(22)19-14-8-7-9-15(12-14)20-18(23)13-21(2)16-10-5-4-6-11-16/h7-9,12,16H,3-6,10-11,13H2,1-2H3,(H,19,22)(H,20,23). The number of hydrogen-bond acceptors (Lipinski definition) is 3. The van der Waals surface area contributed by atoms with Gasteiger partial charge in [-0.2, -0.15) is 0 Å². The first-order valence-electron chi connectivity index (χ1n) is 8.48. The van der Waals surface area contributed by atoms with E-state index >= 15 is 0 Å². The molecule has 0 aromatic heterocycles. The molecule has 0 saturated heterocycles. The van der Waals surface area contributed by atoms with E-state index in [1.165, 1.54) is 32.1 Å². The summed E-state index contributed by atoms with van der Waals surface area (Å²) in [6.45, 7) is 2.21. The second-order valence-corrected chi connectivity index (χ2v) is 6.24. The Hall–Kier alpha value is -1.88. The molecule has 23 heavy (non-hydrogen) atoms. The number of anilines is 2. The van der Waals surface area contributed by atoms with Crippen LogP contribution in [-0.4, -0.2) is 36.3 Å². The van der Waals surface area contributed by atoms with Gasteiger partial charge >= 0.3 is 0 Å².